The number of aliphatic hydroxyl groups is 1. The Morgan fingerprint density at radius 1 is 1.12 bits per heavy atom. The predicted octanol–water partition coefficient (Wildman–Crippen LogP) is 3.38. The molecule has 0 aliphatic carbocycles. The monoisotopic (exact) mass is 330 g/mol. The predicted molar refractivity (Wildman–Crippen MR) is 92.1 cm³/mol. The van der Waals surface area contributed by atoms with Gasteiger partial charge < -0.3 is 15.2 Å². The Morgan fingerprint density at radius 2 is 1.79 bits per heavy atom. The van der Waals surface area contributed by atoms with Gasteiger partial charge in [0.05, 0.1) is 18.1 Å². The molecule has 128 valence electrons. The number of nitrogens with zero attached hydrogens (tertiary/aromatic N) is 1. The quantitative estimate of drug-likeness (QED) is 0.600. The minimum Gasteiger partial charge on any atom is -0.497 e. The van der Waals surface area contributed by atoms with Crippen molar-refractivity contribution in [1.82, 2.24) is 5.32 Å². The zero-order valence-corrected chi connectivity index (χ0v) is 14.0. The maximum absolute atomic E-state index is 10.9. The fourth-order valence-electron chi connectivity index (χ4n) is 2.58. The number of nitro benzene ring substituents is 1. The van der Waals surface area contributed by atoms with Crippen LogP contribution < -0.4 is 10.1 Å². The van der Waals surface area contributed by atoms with E-state index in [9.17, 15) is 15.2 Å². The molecule has 2 aromatic carbocycles. The molecular formula is C18H22N2O4. The fraction of sp³-hybridized carbons (Fsp3) is 0.333. The summed E-state index contributed by atoms with van der Waals surface area (Å²) in [5.74, 6) is 0.733. The standard InChI is InChI=1S/C18H22N2O4/c1-12(15-5-4-6-16(11-15)20(22)23)19-13(2)18(21)14-7-9-17(24-3)10-8-14/h4-13,18-19,21H,1-3H3. The number of aliphatic hydroxyl groups excluding tert-OH is 1. The molecule has 0 heterocycles. The van der Waals surface area contributed by atoms with E-state index < -0.39 is 11.0 Å². The van der Waals surface area contributed by atoms with Crippen LogP contribution in [-0.4, -0.2) is 23.2 Å². The number of nitrogens with one attached hydrogen (secondary N) is 1. The summed E-state index contributed by atoms with van der Waals surface area (Å²) in [4.78, 5) is 10.5. The van der Waals surface area contributed by atoms with Gasteiger partial charge in [-0.3, -0.25) is 10.1 Å². The molecule has 0 fully saturated rings. The summed E-state index contributed by atoms with van der Waals surface area (Å²) < 4.78 is 5.11. The summed E-state index contributed by atoms with van der Waals surface area (Å²) in [6.07, 6.45) is -0.697. The molecule has 0 radical (unpaired) electrons. The molecule has 2 rings (SSSR count). The van der Waals surface area contributed by atoms with E-state index in [0.29, 0.717) is 0 Å². The van der Waals surface area contributed by atoms with Crippen molar-refractivity contribution in [3.63, 3.8) is 0 Å². The molecule has 0 aliphatic heterocycles. The van der Waals surface area contributed by atoms with E-state index in [0.717, 1.165) is 16.9 Å². The van der Waals surface area contributed by atoms with Crippen molar-refractivity contribution in [1.29, 1.82) is 0 Å². The lowest BCUT2D eigenvalue weighted by molar-refractivity contribution is -0.384. The van der Waals surface area contributed by atoms with E-state index in [1.54, 1.807) is 31.4 Å². The van der Waals surface area contributed by atoms with Crippen molar-refractivity contribution < 1.29 is 14.8 Å². The number of rotatable bonds is 7. The van der Waals surface area contributed by atoms with Crippen molar-refractivity contribution in [2.75, 3.05) is 7.11 Å². The second-order valence-electron chi connectivity index (χ2n) is 5.75. The van der Waals surface area contributed by atoms with Crippen LogP contribution in [-0.2, 0) is 0 Å². The number of nitro groups is 1. The Balaban J connectivity index is 2.05. The van der Waals surface area contributed by atoms with Gasteiger partial charge in [-0.2, -0.15) is 0 Å². The van der Waals surface area contributed by atoms with Crippen LogP contribution in [0.25, 0.3) is 0 Å². The first kappa shape index (κ1) is 17.9. The molecule has 6 heteroatoms. The number of ether oxygens (including phenoxy) is 1. The zero-order valence-electron chi connectivity index (χ0n) is 14.0. The van der Waals surface area contributed by atoms with Gasteiger partial charge in [0.15, 0.2) is 0 Å². The van der Waals surface area contributed by atoms with E-state index >= 15 is 0 Å². The third-order valence-corrected chi connectivity index (χ3v) is 4.02. The van der Waals surface area contributed by atoms with Crippen molar-refractivity contribution >= 4 is 5.69 Å². The molecule has 0 aromatic heterocycles. The van der Waals surface area contributed by atoms with Crippen molar-refractivity contribution in [3.8, 4) is 5.75 Å². The highest BCUT2D eigenvalue weighted by molar-refractivity contribution is 5.35. The third kappa shape index (κ3) is 4.31. The van der Waals surface area contributed by atoms with E-state index in [1.165, 1.54) is 6.07 Å². The van der Waals surface area contributed by atoms with Crippen LogP contribution in [0.5, 0.6) is 5.75 Å². The van der Waals surface area contributed by atoms with Crippen LogP contribution in [0.2, 0.25) is 0 Å². The highest BCUT2D eigenvalue weighted by Gasteiger charge is 2.19. The molecule has 24 heavy (non-hydrogen) atoms. The second-order valence-corrected chi connectivity index (χ2v) is 5.75. The molecule has 0 bridgehead atoms. The van der Waals surface area contributed by atoms with Crippen LogP contribution in [0.3, 0.4) is 0 Å². The second kappa shape index (κ2) is 7.90. The minimum atomic E-state index is -0.697. The lowest BCUT2D eigenvalue weighted by Crippen LogP contribution is -2.34. The van der Waals surface area contributed by atoms with Gasteiger partial charge in [0.2, 0.25) is 0 Å². The lowest BCUT2D eigenvalue weighted by Gasteiger charge is -2.25. The first-order valence-corrected chi connectivity index (χ1v) is 7.74. The maximum atomic E-state index is 10.9. The molecule has 3 unspecified atom stereocenters. The van der Waals surface area contributed by atoms with Gasteiger partial charge in [0, 0.05) is 24.2 Å². The van der Waals surface area contributed by atoms with Gasteiger partial charge >= 0.3 is 0 Å². The summed E-state index contributed by atoms with van der Waals surface area (Å²) in [5, 5.41) is 24.6. The Labute approximate surface area is 141 Å². The molecule has 2 aromatic rings. The molecular weight excluding hydrogens is 308 g/mol. The normalized spacial score (nSPS) is 14.7. The number of benzene rings is 2. The average Bonchev–Trinajstić information content (AvgIpc) is 2.61. The summed E-state index contributed by atoms with van der Waals surface area (Å²) in [5.41, 5.74) is 1.64. The SMILES string of the molecule is COc1ccc(C(O)C(C)NC(C)c2cccc([N+](=O)[O-])c2)cc1. The third-order valence-electron chi connectivity index (χ3n) is 4.02. The van der Waals surface area contributed by atoms with Crippen LogP contribution in [0.1, 0.15) is 37.1 Å². The van der Waals surface area contributed by atoms with E-state index in [2.05, 4.69) is 5.32 Å². The number of hydrogen-bond donors (Lipinski definition) is 2. The Kier molecular flexibility index (Phi) is 5.89. The molecule has 0 spiro atoms. The number of methoxy groups -OCH3 is 1. The number of hydrogen-bond acceptors (Lipinski definition) is 5. The van der Waals surface area contributed by atoms with E-state index in [1.807, 2.05) is 32.0 Å². The molecule has 0 amide bonds. The Hall–Kier alpha value is -2.44. The fourth-order valence-corrected chi connectivity index (χ4v) is 2.58. The van der Waals surface area contributed by atoms with Crippen LogP contribution in [0, 0.1) is 10.1 Å². The molecule has 3 atom stereocenters. The van der Waals surface area contributed by atoms with Crippen molar-refractivity contribution in [2.45, 2.75) is 32.0 Å². The molecule has 6 nitrogen and oxygen atoms in total. The van der Waals surface area contributed by atoms with Gasteiger partial charge in [-0.05, 0) is 37.1 Å². The molecule has 2 N–H and O–H groups in total. The van der Waals surface area contributed by atoms with E-state index in [-0.39, 0.29) is 17.8 Å². The van der Waals surface area contributed by atoms with Gasteiger partial charge in [0.1, 0.15) is 5.75 Å². The summed E-state index contributed by atoms with van der Waals surface area (Å²) in [7, 11) is 1.59. The van der Waals surface area contributed by atoms with Crippen LogP contribution in [0.15, 0.2) is 48.5 Å². The minimum absolute atomic E-state index is 0.0597. The average molecular weight is 330 g/mol. The first-order chi connectivity index (χ1) is 11.4. The number of non-ortho nitro benzene ring substituents is 1. The first-order valence-electron chi connectivity index (χ1n) is 7.74. The molecule has 0 aliphatic rings. The topological polar surface area (TPSA) is 84.6 Å². The maximum Gasteiger partial charge on any atom is 0.269 e. The highest BCUT2D eigenvalue weighted by Crippen LogP contribution is 2.24. The largest absolute Gasteiger partial charge is 0.497 e. The van der Waals surface area contributed by atoms with Crippen LogP contribution >= 0.6 is 0 Å². The Morgan fingerprint density at radius 3 is 2.38 bits per heavy atom. The van der Waals surface area contributed by atoms with Crippen molar-refractivity contribution in [2.24, 2.45) is 0 Å². The van der Waals surface area contributed by atoms with Gasteiger partial charge in [-0.25, -0.2) is 0 Å². The van der Waals surface area contributed by atoms with Crippen LogP contribution in [0.4, 0.5) is 5.69 Å². The summed E-state index contributed by atoms with van der Waals surface area (Å²) >= 11 is 0. The summed E-state index contributed by atoms with van der Waals surface area (Å²) in [6, 6.07) is 13.4. The zero-order chi connectivity index (χ0) is 17.7. The van der Waals surface area contributed by atoms with Crippen molar-refractivity contribution in [3.05, 3.63) is 69.8 Å². The van der Waals surface area contributed by atoms with E-state index in [4.69, 9.17) is 4.74 Å². The molecule has 0 saturated carbocycles. The Bertz CT molecular complexity index is 688. The lowest BCUT2D eigenvalue weighted by atomic mass is 10.0. The molecule has 0 saturated heterocycles. The van der Waals surface area contributed by atoms with Gasteiger partial charge in [-0.1, -0.05) is 24.3 Å². The van der Waals surface area contributed by atoms with Gasteiger partial charge in [0.25, 0.3) is 5.69 Å². The highest BCUT2D eigenvalue weighted by atomic mass is 16.6. The van der Waals surface area contributed by atoms with Gasteiger partial charge in [-0.15, -0.1) is 0 Å². The summed E-state index contributed by atoms with van der Waals surface area (Å²) in [6.45, 7) is 3.79. The smallest absolute Gasteiger partial charge is 0.269 e.